The molecule has 1 amide bonds. The topological polar surface area (TPSA) is 59.8 Å². The highest BCUT2D eigenvalue weighted by atomic mass is 19.4. The summed E-state index contributed by atoms with van der Waals surface area (Å²) in [6, 6.07) is 9.84. The van der Waals surface area contributed by atoms with Crippen LogP contribution in [0.1, 0.15) is 27.2 Å². The van der Waals surface area contributed by atoms with E-state index in [1.54, 1.807) is 12.1 Å². The number of nitrogens with one attached hydrogen (secondary N) is 1. The van der Waals surface area contributed by atoms with E-state index in [9.17, 15) is 31.1 Å². The highest BCUT2D eigenvalue weighted by molar-refractivity contribution is 6.02. The lowest BCUT2D eigenvalue weighted by Gasteiger charge is -2.14. The van der Waals surface area contributed by atoms with E-state index < -0.39 is 35.1 Å². The number of nitrogens with zero attached hydrogens (tertiary/aromatic N) is 3. The molecule has 0 unspecified atom stereocenters. The van der Waals surface area contributed by atoms with E-state index in [1.165, 1.54) is 10.9 Å². The Balaban J connectivity index is 1.82. The maximum Gasteiger partial charge on any atom is 0.416 e. The van der Waals surface area contributed by atoms with Crippen LogP contribution in [0, 0.1) is 0 Å². The average Bonchev–Trinajstić information content (AvgIpc) is 3.09. The summed E-state index contributed by atoms with van der Waals surface area (Å²) < 4.78 is 78.7. The van der Waals surface area contributed by atoms with E-state index in [1.807, 2.05) is 23.5 Å². The van der Waals surface area contributed by atoms with Gasteiger partial charge in [0.1, 0.15) is 0 Å². The molecule has 1 heterocycles. The zero-order chi connectivity index (χ0) is 21.2. The Morgan fingerprint density at radius 2 is 1.52 bits per heavy atom. The molecule has 0 spiro atoms. The lowest BCUT2D eigenvalue weighted by atomic mass is 10.1. The fourth-order valence-electron chi connectivity index (χ4n) is 2.47. The minimum atomic E-state index is -5.01. The Morgan fingerprint density at radius 3 is 2.07 bits per heavy atom. The van der Waals surface area contributed by atoms with Crippen molar-refractivity contribution in [3.05, 3.63) is 77.1 Å². The number of carbonyl (C=O) groups is 1. The molecule has 0 bridgehead atoms. The third-order valence-corrected chi connectivity index (χ3v) is 3.80. The van der Waals surface area contributed by atoms with Crippen molar-refractivity contribution in [2.75, 3.05) is 5.32 Å². The first-order valence-electron chi connectivity index (χ1n) is 8.07. The van der Waals surface area contributed by atoms with Gasteiger partial charge in [-0.15, -0.1) is 5.10 Å². The summed E-state index contributed by atoms with van der Waals surface area (Å²) in [6.07, 6.45) is -8.79. The van der Waals surface area contributed by atoms with E-state index >= 15 is 0 Å². The van der Waals surface area contributed by atoms with Gasteiger partial charge in [0, 0.05) is 5.69 Å². The largest absolute Gasteiger partial charge is 0.416 e. The Bertz CT molecular complexity index is 979. The van der Waals surface area contributed by atoms with Crippen LogP contribution >= 0.6 is 0 Å². The molecular formula is C18H12F6N4O. The molecule has 0 saturated heterocycles. The van der Waals surface area contributed by atoms with E-state index in [0.717, 1.165) is 5.56 Å². The summed E-state index contributed by atoms with van der Waals surface area (Å²) in [4.78, 5) is 12.2. The minimum Gasteiger partial charge on any atom is -0.321 e. The third kappa shape index (κ3) is 5.12. The first-order chi connectivity index (χ1) is 13.5. The van der Waals surface area contributed by atoms with Crippen LogP contribution in [0.2, 0.25) is 0 Å². The predicted octanol–water partition coefficient (Wildman–Crippen LogP) is 4.62. The normalized spacial score (nSPS) is 12.1. The first kappa shape index (κ1) is 20.4. The second-order valence-electron chi connectivity index (χ2n) is 6.04. The number of benzene rings is 2. The maximum absolute atomic E-state index is 12.9. The quantitative estimate of drug-likeness (QED) is 0.634. The molecule has 29 heavy (non-hydrogen) atoms. The first-order valence-corrected chi connectivity index (χ1v) is 8.07. The van der Waals surface area contributed by atoms with Crippen LogP contribution in [0.5, 0.6) is 0 Å². The summed E-state index contributed by atoms with van der Waals surface area (Å²) in [7, 11) is 0. The summed E-state index contributed by atoms with van der Waals surface area (Å²) in [6.45, 7) is 0.281. The number of aromatic nitrogens is 3. The van der Waals surface area contributed by atoms with Gasteiger partial charge in [-0.2, -0.15) is 26.3 Å². The van der Waals surface area contributed by atoms with Crippen molar-refractivity contribution in [2.45, 2.75) is 18.9 Å². The highest BCUT2D eigenvalue weighted by Gasteiger charge is 2.37. The van der Waals surface area contributed by atoms with Gasteiger partial charge in [-0.05, 0) is 23.8 Å². The molecule has 2 aromatic carbocycles. The molecule has 3 rings (SSSR count). The van der Waals surface area contributed by atoms with Crippen LogP contribution < -0.4 is 5.32 Å². The summed E-state index contributed by atoms with van der Waals surface area (Å²) >= 11 is 0. The molecule has 0 fully saturated rings. The van der Waals surface area contributed by atoms with Crippen molar-refractivity contribution in [3.63, 3.8) is 0 Å². The maximum atomic E-state index is 12.9. The van der Waals surface area contributed by atoms with Crippen LogP contribution in [0.4, 0.5) is 32.0 Å². The summed E-state index contributed by atoms with van der Waals surface area (Å²) in [5.41, 5.74) is -3.12. The van der Waals surface area contributed by atoms with Crippen molar-refractivity contribution >= 4 is 11.6 Å². The molecule has 5 nitrogen and oxygen atoms in total. The highest BCUT2D eigenvalue weighted by Crippen LogP contribution is 2.37. The molecule has 0 saturated carbocycles. The zero-order valence-corrected chi connectivity index (χ0v) is 14.4. The zero-order valence-electron chi connectivity index (χ0n) is 14.4. The fourth-order valence-corrected chi connectivity index (χ4v) is 2.47. The van der Waals surface area contributed by atoms with Crippen molar-refractivity contribution < 1.29 is 31.1 Å². The number of anilines is 1. The molecular weight excluding hydrogens is 402 g/mol. The van der Waals surface area contributed by atoms with Crippen molar-refractivity contribution in [2.24, 2.45) is 0 Å². The number of carbonyl (C=O) groups excluding carboxylic acids is 1. The number of hydrogen-bond donors (Lipinski definition) is 1. The molecule has 0 aliphatic carbocycles. The second-order valence-corrected chi connectivity index (χ2v) is 6.04. The SMILES string of the molecule is O=C(Nc1cc(C(F)(F)F)cc(C(F)(F)F)c1)c1cn(Cc2ccccc2)nn1. The second kappa shape index (κ2) is 7.57. The molecule has 1 aromatic heterocycles. The van der Waals surface area contributed by atoms with Gasteiger partial charge in [0.25, 0.3) is 5.91 Å². The number of rotatable bonds is 4. The summed E-state index contributed by atoms with van der Waals surface area (Å²) in [5, 5.41) is 9.35. The monoisotopic (exact) mass is 414 g/mol. The lowest BCUT2D eigenvalue weighted by Crippen LogP contribution is -2.16. The number of amides is 1. The Hall–Kier alpha value is -3.37. The Kier molecular flexibility index (Phi) is 5.31. The average molecular weight is 414 g/mol. The van der Waals surface area contributed by atoms with Gasteiger partial charge < -0.3 is 5.32 Å². The number of alkyl halides is 6. The standard InChI is InChI=1S/C18H12F6N4O/c19-17(20,21)12-6-13(18(22,23)24)8-14(7-12)25-16(29)15-10-28(27-26-15)9-11-4-2-1-3-5-11/h1-8,10H,9H2,(H,25,29). The molecule has 152 valence electrons. The third-order valence-electron chi connectivity index (χ3n) is 3.80. The smallest absolute Gasteiger partial charge is 0.321 e. The van der Waals surface area contributed by atoms with Crippen LogP contribution in [0.25, 0.3) is 0 Å². The van der Waals surface area contributed by atoms with Gasteiger partial charge in [0.15, 0.2) is 5.69 Å². The summed E-state index contributed by atoms with van der Waals surface area (Å²) in [5.74, 6) is -0.989. The van der Waals surface area contributed by atoms with Crippen molar-refractivity contribution in [3.8, 4) is 0 Å². The molecule has 0 aliphatic heterocycles. The lowest BCUT2D eigenvalue weighted by molar-refractivity contribution is -0.143. The fraction of sp³-hybridized carbons (Fsp3) is 0.167. The molecule has 0 atom stereocenters. The number of hydrogen-bond acceptors (Lipinski definition) is 3. The van der Waals surface area contributed by atoms with E-state index in [4.69, 9.17) is 0 Å². The van der Waals surface area contributed by atoms with Gasteiger partial charge >= 0.3 is 12.4 Å². The van der Waals surface area contributed by atoms with Crippen LogP contribution in [-0.2, 0) is 18.9 Å². The Labute approximate surface area is 160 Å². The number of halogens is 6. The molecule has 11 heteroatoms. The molecule has 3 aromatic rings. The van der Waals surface area contributed by atoms with Crippen LogP contribution in [0.15, 0.2) is 54.7 Å². The molecule has 0 aliphatic rings. The molecule has 1 N–H and O–H groups in total. The van der Waals surface area contributed by atoms with Crippen molar-refractivity contribution in [1.29, 1.82) is 0 Å². The minimum absolute atomic E-state index is 0.0220. The van der Waals surface area contributed by atoms with E-state index in [2.05, 4.69) is 10.3 Å². The van der Waals surface area contributed by atoms with Gasteiger partial charge in [-0.3, -0.25) is 4.79 Å². The predicted molar refractivity (Wildman–Crippen MR) is 90.0 cm³/mol. The van der Waals surface area contributed by atoms with Gasteiger partial charge in [0.2, 0.25) is 0 Å². The van der Waals surface area contributed by atoms with Crippen molar-refractivity contribution in [1.82, 2.24) is 15.0 Å². The van der Waals surface area contributed by atoms with Gasteiger partial charge in [-0.1, -0.05) is 35.5 Å². The van der Waals surface area contributed by atoms with Gasteiger partial charge in [-0.25, -0.2) is 4.68 Å². The van der Waals surface area contributed by atoms with E-state index in [-0.39, 0.29) is 18.3 Å². The van der Waals surface area contributed by atoms with Gasteiger partial charge in [0.05, 0.1) is 23.9 Å². The molecule has 0 radical (unpaired) electrons. The van der Waals surface area contributed by atoms with Crippen LogP contribution in [0.3, 0.4) is 0 Å². The van der Waals surface area contributed by atoms with E-state index in [0.29, 0.717) is 12.1 Å². The Morgan fingerprint density at radius 1 is 0.931 bits per heavy atom. The van der Waals surface area contributed by atoms with Crippen LogP contribution in [-0.4, -0.2) is 20.9 Å².